The van der Waals surface area contributed by atoms with E-state index in [1.165, 1.54) is 0 Å². The van der Waals surface area contributed by atoms with Crippen molar-refractivity contribution in [3.8, 4) is 0 Å². The molecule has 0 saturated carbocycles. The predicted molar refractivity (Wildman–Crippen MR) is 41.1 cm³/mol. The van der Waals surface area contributed by atoms with Gasteiger partial charge in [0.1, 0.15) is 0 Å². The SMILES string of the molecule is Cl.N=C1C=C(N)CCC1. The number of hydrogen-bond acceptors (Lipinski definition) is 2. The normalized spacial score (nSPS) is 18.2. The van der Waals surface area contributed by atoms with E-state index in [0.717, 1.165) is 25.0 Å². The van der Waals surface area contributed by atoms with Crippen molar-refractivity contribution in [3.63, 3.8) is 0 Å². The van der Waals surface area contributed by atoms with E-state index in [1.54, 1.807) is 6.08 Å². The zero-order valence-corrected chi connectivity index (χ0v) is 6.00. The highest BCUT2D eigenvalue weighted by molar-refractivity contribution is 5.93. The Bertz CT molecular complexity index is 140. The molecule has 1 rings (SSSR count). The van der Waals surface area contributed by atoms with Crippen molar-refractivity contribution in [2.24, 2.45) is 5.73 Å². The molecule has 1 aliphatic rings. The number of hydrogen-bond donors (Lipinski definition) is 2. The van der Waals surface area contributed by atoms with Crippen LogP contribution >= 0.6 is 12.4 Å². The Morgan fingerprint density at radius 1 is 1.44 bits per heavy atom. The van der Waals surface area contributed by atoms with Crippen molar-refractivity contribution < 1.29 is 0 Å². The Labute approximate surface area is 61.0 Å². The third-order valence-corrected chi connectivity index (χ3v) is 1.27. The summed E-state index contributed by atoms with van der Waals surface area (Å²) >= 11 is 0. The van der Waals surface area contributed by atoms with Gasteiger partial charge in [0.05, 0.1) is 0 Å². The first-order valence-electron chi connectivity index (χ1n) is 2.82. The van der Waals surface area contributed by atoms with Crippen LogP contribution in [-0.2, 0) is 0 Å². The summed E-state index contributed by atoms with van der Waals surface area (Å²) in [5.74, 6) is 0. The summed E-state index contributed by atoms with van der Waals surface area (Å²) in [4.78, 5) is 0. The monoisotopic (exact) mass is 146 g/mol. The molecule has 0 amide bonds. The number of allylic oxidation sites excluding steroid dienone is 2. The van der Waals surface area contributed by atoms with E-state index in [2.05, 4.69) is 0 Å². The molecule has 0 bridgehead atoms. The van der Waals surface area contributed by atoms with Crippen LogP contribution in [0.2, 0.25) is 0 Å². The van der Waals surface area contributed by atoms with E-state index < -0.39 is 0 Å². The average molecular weight is 147 g/mol. The second kappa shape index (κ2) is 3.51. The van der Waals surface area contributed by atoms with Gasteiger partial charge in [0.25, 0.3) is 0 Å². The standard InChI is InChI=1S/C6H10N2.ClH/c7-5-2-1-3-6(8)4-5;/h4,7H,1-3,8H2;1H. The van der Waals surface area contributed by atoms with Crippen molar-refractivity contribution in [1.82, 2.24) is 0 Å². The number of halogens is 1. The molecule has 0 radical (unpaired) electrons. The largest absolute Gasteiger partial charge is 0.402 e. The molecule has 0 aromatic rings. The molecule has 9 heavy (non-hydrogen) atoms. The average Bonchev–Trinajstić information content (AvgIpc) is 1.64. The number of nitrogens with one attached hydrogen (secondary N) is 1. The molecule has 0 unspecified atom stereocenters. The maximum Gasteiger partial charge on any atom is 0.0331 e. The molecule has 0 aromatic carbocycles. The molecule has 0 saturated heterocycles. The topological polar surface area (TPSA) is 49.9 Å². The molecule has 3 heteroatoms. The summed E-state index contributed by atoms with van der Waals surface area (Å²) in [5, 5.41) is 7.16. The first-order chi connectivity index (χ1) is 3.79. The highest BCUT2D eigenvalue weighted by Gasteiger charge is 2.01. The molecular formula is C6H11ClN2. The Morgan fingerprint density at radius 2 is 2.11 bits per heavy atom. The summed E-state index contributed by atoms with van der Waals surface area (Å²) in [5.41, 5.74) is 6.98. The minimum Gasteiger partial charge on any atom is -0.402 e. The van der Waals surface area contributed by atoms with Crippen molar-refractivity contribution in [2.45, 2.75) is 19.3 Å². The van der Waals surface area contributed by atoms with Gasteiger partial charge in [-0.25, -0.2) is 0 Å². The van der Waals surface area contributed by atoms with Gasteiger partial charge in [-0.15, -0.1) is 12.4 Å². The van der Waals surface area contributed by atoms with Crippen LogP contribution in [0.4, 0.5) is 0 Å². The lowest BCUT2D eigenvalue weighted by Crippen LogP contribution is -2.07. The molecule has 0 aromatic heterocycles. The fourth-order valence-corrected chi connectivity index (χ4v) is 0.851. The van der Waals surface area contributed by atoms with Crippen molar-refractivity contribution in [1.29, 1.82) is 5.41 Å². The Morgan fingerprint density at radius 3 is 2.44 bits per heavy atom. The maximum absolute atomic E-state index is 7.16. The zero-order chi connectivity index (χ0) is 5.98. The predicted octanol–water partition coefficient (Wildman–Crippen LogP) is 1.45. The van der Waals surface area contributed by atoms with Crippen LogP contribution in [0.3, 0.4) is 0 Å². The van der Waals surface area contributed by atoms with Crippen LogP contribution in [0.5, 0.6) is 0 Å². The van der Waals surface area contributed by atoms with Crippen LogP contribution in [0, 0.1) is 5.41 Å². The molecular weight excluding hydrogens is 136 g/mol. The van der Waals surface area contributed by atoms with Crippen LogP contribution in [0.1, 0.15) is 19.3 Å². The minimum absolute atomic E-state index is 0. The highest BCUT2D eigenvalue weighted by Crippen LogP contribution is 2.09. The van der Waals surface area contributed by atoms with E-state index in [-0.39, 0.29) is 12.4 Å². The molecule has 1 aliphatic carbocycles. The fourth-order valence-electron chi connectivity index (χ4n) is 0.851. The highest BCUT2D eigenvalue weighted by atomic mass is 35.5. The molecule has 52 valence electrons. The fraction of sp³-hybridized carbons (Fsp3) is 0.500. The third kappa shape index (κ3) is 2.51. The van der Waals surface area contributed by atoms with E-state index in [0.29, 0.717) is 5.71 Å². The molecule has 0 heterocycles. The lowest BCUT2D eigenvalue weighted by atomic mass is 10.0. The van der Waals surface area contributed by atoms with Gasteiger partial charge in [0.15, 0.2) is 0 Å². The van der Waals surface area contributed by atoms with Gasteiger partial charge >= 0.3 is 0 Å². The van der Waals surface area contributed by atoms with E-state index in [9.17, 15) is 0 Å². The molecule has 0 atom stereocenters. The van der Waals surface area contributed by atoms with Gasteiger partial charge < -0.3 is 11.1 Å². The van der Waals surface area contributed by atoms with Crippen LogP contribution < -0.4 is 5.73 Å². The smallest absolute Gasteiger partial charge is 0.0331 e. The first kappa shape index (κ1) is 8.50. The van der Waals surface area contributed by atoms with E-state index in [1.807, 2.05) is 0 Å². The lowest BCUT2D eigenvalue weighted by Gasteiger charge is -2.07. The first-order valence-corrected chi connectivity index (χ1v) is 2.82. The minimum atomic E-state index is 0. The Kier molecular flexibility index (Phi) is 3.32. The quantitative estimate of drug-likeness (QED) is 0.534. The van der Waals surface area contributed by atoms with Crippen LogP contribution in [-0.4, -0.2) is 5.71 Å². The van der Waals surface area contributed by atoms with Crippen LogP contribution in [0.25, 0.3) is 0 Å². The van der Waals surface area contributed by atoms with E-state index in [4.69, 9.17) is 11.1 Å². The second-order valence-corrected chi connectivity index (χ2v) is 2.10. The van der Waals surface area contributed by atoms with Gasteiger partial charge in [0.2, 0.25) is 0 Å². The van der Waals surface area contributed by atoms with Gasteiger partial charge in [-0.2, -0.15) is 0 Å². The van der Waals surface area contributed by atoms with Gasteiger partial charge in [-0.3, -0.25) is 0 Å². The molecule has 2 nitrogen and oxygen atoms in total. The number of nitrogens with two attached hydrogens (primary N) is 1. The second-order valence-electron chi connectivity index (χ2n) is 2.10. The molecule has 0 fully saturated rings. The Balaban J connectivity index is 0.000000640. The Hall–Kier alpha value is -0.500. The number of rotatable bonds is 0. The molecule has 0 spiro atoms. The summed E-state index contributed by atoms with van der Waals surface area (Å²) in [6.07, 6.45) is 4.69. The maximum atomic E-state index is 7.16. The zero-order valence-electron chi connectivity index (χ0n) is 5.18. The molecule has 0 aliphatic heterocycles. The van der Waals surface area contributed by atoms with Gasteiger partial charge in [0, 0.05) is 11.4 Å². The summed E-state index contributed by atoms with van der Waals surface area (Å²) in [6, 6.07) is 0. The molecule has 3 N–H and O–H groups in total. The summed E-state index contributed by atoms with van der Waals surface area (Å²) < 4.78 is 0. The summed E-state index contributed by atoms with van der Waals surface area (Å²) in [7, 11) is 0. The van der Waals surface area contributed by atoms with Gasteiger partial charge in [-0.05, 0) is 25.3 Å². The van der Waals surface area contributed by atoms with Crippen molar-refractivity contribution in [2.75, 3.05) is 0 Å². The van der Waals surface area contributed by atoms with Crippen molar-refractivity contribution in [3.05, 3.63) is 11.8 Å². The van der Waals surface area contributed by atoms with Crippen LogP contribution in [0.15, 0.2) is 11.8 Å². The lowest BCUT2D eigenvalue weighted by molar-refractivity contribution is 0.823. The van der Waals surface area contributed by atoms with Crippen molar-refractivity contribution >= 4 is 18.1 Å². The third-order valence-electron chi connectivity index (χ3n) is 1.27. The summed E-state index contributed by atoms with van der Waals surface area (Å²) in [6.45, 7) is 0. The van der Waals surface area contributed by atoms with Gasteiger partial charge in [-0.1, -0.05) is 0 Å². The van der Waals surface area contributed by atoms with E-state index >= 15 is 0 Å².